The molecular weight excluding hydrogens is 297 g/mol. The smallest absolute Gasteiger partial charge is 0.399 e. The van der Waals surface area contributed by atoms with Gasteiger partial charge in [0.05, 0.1) is 31.9 Å². The SMILES string of the molecule is CC1(C)OB(c2ccc3c(c2)C2CCCS2(=O)=N3)OC1(C)C. The van der Waals surface area contributed by atoms with Crippen LogP contribution in [0.1, 0.15) is 51.3 Å². The van der Waals surface area contributed by atoms with Gasteiger partial charge in [0.1, 0.15) is 0 Å². The highest BCUT2D eigenvalue weighted by Gasteiger charge is 2.52. The maximum atomic E-state index is 12.8. The van der Waals surface area contributed by atoms with Gasteiger partial charge in [0.25, 0.3) is 0 Å². The molecule has 2 saturated heterocycles. The van der Waals surface area contributed by atoms with Crippen LogP contribution in [0.2, 0.25) is 0 Å². The lowest BCUT2D eigenvalue weighted by Crippen LogP contribution is -2.41. The molecule has 0 bridgehead atoms. The molecule has 1 aromatic carbocycles. The molecule has 3 aliphatic heterocycles. The topological polar surface area (TPSA) is 47.9 Å². The van der Waals surface area contributed by atoms with Gasteiger partial charge in [0.15, 0.2) is 0 Å². The van der Waals surface area contributed by atoms with E-state index in [1.165, 1.54) is 0 Å². The zero-order valence-electron chi connectivity index (χ0n) is 13.6. The Morgan fingerprint density at radius 2 is 1.91 bits per heavy atom. The fraction of sp³-hybridized carbons (Fsp3) is 0.625. The number of hydrogen-bond donors (Lipinski definition) is 0. The molecule has 6 heteroatoms. The molecule has 2 atom stereocenters. The second kappa shape index (κ2) is 4.37. The van der Waals surface area contributed by atoms with Crippen molar-refractivity contribution in [1.29, 1.82) is 0 Å². The minimum atomic E-state index is -2.06. The normalized spacial score (nSPS) is 34.4. The number of benzene rings is 1. The summed E-state index contributed by atoms with van der Waals surface area (Å²) >= 11 is 0. The number of rotatable bonds is 1. The Hall–Kier alpha value is -0.845. The highest BCUT2D eigenvalue weighted by molar-refractivity contribution is 7.94. The van der Waals surface area contributed by atoms with Crippen LogP contribution in [-0.2, 0) is 19.0 Å². The Kier molecular flexibility index (Phi) is 2.92. The van der Waals surface area contributed by atoms with Gasteiger partial charge in [-0.15, -0.1) is 0 Å². The van der Waals surface area contributed by atoms with E-state index in [0.717, 1.165) is 35.3 Å². The van der Waals surface area contributed by atoms with Gasteiger partial charge < -0.3 is 9.31 Å². The van der Waals surface area contributed by atoms with Crippen molar-refractivity contribution in [1.82, 2.24) is 0 Å². The summed E-state index contributed by atoms with van der Waals surface area (Å²) in [5.74, 6) is 0.734. The maximum absolute atomic E-state index is 12.8. The van der Waals surface area contributed by atoms with E-state index in [9.17, 15) is 4.21 Å². The van der Waals surface area contributed by atoms with Gasteiger partial charge in [0.2, 0.25) is 0 Å². The fourth-order valence-electron chi connectivity index (χ4n) is 3.47. The summed E-state index contributed by atoms with van der Waals surface area (Å²) < 4.78 is 29.6. The summed E-state index contributed by atoms with van der Waals surface area (Å²) in [6.07, 6.45) is 1.98. The Balaban J connectivity index is 1.70. The standard InChI is InChI=1S/C16H22BNO3S/c1-15(2)16(3,4)21-17(20-15)11-7-8-13-12(10-11)14-6-5-9-22(14,19)18-13/h7-8,10,14H,5-6,9H2,1-4H3. The van der Waals surface area contributed by atoms with Gasteiger partial charge >= 0.3 is 7.12 Å². The summed E-state index contributed by atoms with van der Waals surface area (Å²) in [7, 11) is -2.43. The van der Waals surface area contributed by atoms with Gasteiger partial charge in [-0.2, -0.15) is 4.36 Å². The number of fused-ring (bicyclic) bond motifs is 3. The van der Waals surface area contributed by atoms with Gasteiger partial charge in [-0.1, -0.05) is 12.1 Å². The Morgan fingerprint density at radius 1 is 1.23 bits per heavy atom. The quantitative estimate of drug-likeness (QED) is 0.748. The highest BCUT2D eigenvalue weighted by atomic mass is 32.2. The fourth-order valence-corrected chi connectivity index (χ4v) is 6.17. The van der Waals surface area contributed by atoms with Crippen LogP contribution in [0, 0.1) is 0 Å². The average Bonchev–Trinajstić information content (AvgIpc) is 2.96. The maximum Gasteiger partial charge on any atom is 0.494 e. The van der Waals surface area contributed by atoms with Crippen molar-refractivity contribution in [2.45, 2.75) is 57.0 Å². The van der Waals surface area contributed by atoms with E-state index in [1.54, 1.807) is 0 Å². The van der Waals surface area contributed by atoms with Crippen LogP contribution in [0.5, 0.6) is 0 Å². The third kappa shape index (κ3) is 1.93. The molecule has 0 amide bonds. The average molecular weight is 319 g/mol. The van der Waals surface area contributed by atoms with Crippen molar-refractivity contribution in [3.8, 4) is 0 Å². The minimum Gasteiger partial charge on any atom is -0.399 e. The first-order valence-corrected chi connectivity index (χ1v) is 9.70. The van der Waals surface area contributed by atoms with Crippen molar-refractivity contribution in [2.24, 2.45) is 4.36 Å². The van der Waals surface area contributed by atoms with Gasteiger partial charge in [0, 0.05) is 5.75 Å². The van der Waals surface area contributed by atoms with E-state index in [2.05, 4.69) is 38.1 Å². The van der Waals surface area contributed by atoms with E-state index < -0.39 is 9.73 Å². The highest BCUT2D eigenvalue weighted by Crippen LogP contribution is 2.47. The lowest BCUT2D eigenvalue weighted by molar-refractivity contribution is 0.00578. The molecule has 3 aliphatic rings. The molecule has 0 aromatic heterocycles. The molecule has 1 aromatic rings. The Morgan fingerprint density at radius 3 is 2.59 bits per heavy atom. The van der Waals surface area contributed by atoms with Crippen molar-refractivity contribution >= 4 is 28.0 Å². The number of hydrogen-bond acceptors (Lipinski definition) is 4. The van der Waals surface area contributed by atoms with E-state index in [1.807, 2.05) is 12.1 Å². The van der Waals surface area contributed by atoms with Crippen molar-refractivity contribution in [3.05, 3.63) is 23.8 Å². The van der Waals surface area contributed by atoms with Crippen LogP contribution in [0.3, 0.4) is 0 Å². The van der Waals surface area contributed by atoms with E-state index >= 15 is 0 Å². The molecule has 0 saturated carbocycles. The first kappa shape index (κ1) is 14.7. The molecule has 118 valence electrons. The molecule has 2 unspecified atom stereocenters. The first-order chi connectivity index (χ1) is 10.2. The molecule has 3 heterocycles. The summed E-state index contributed by atoms with van der Waals surface area (Å²) in [6, 6.07) is 6.07. The summed E-state index contributed by atoms with van der Waals surface area (Å²) in [6.45, 7) is 8.22. The molecule has 0 radical (unpaired) electrons. The second-order valence-corrected chi connectivity index (χ2v) is 10.1. The summed E-state index contributed by atoms with van der Waals surface area (Å²) in [4.78, 5) is 0. The van der Waals surface area contributed by atoms with Crippen LogP contribution >= 0.6 is 0 Å². The third-order valence-electron chi connectivity index (χ3n) is 5.52. The van der Waals surface area contributed by atoms with Crippen molar-refractivity contribution in [2.75, 3.05) is 5.75 Å². The van der Waals surface area contributed by atoms with Crippen LogP contribution in [0.4, 0.5) is 5.69 Å². The predicted octanol–water partition coefficient (Wildman–Crippen LogP) is 2.93. The van der Waals surface area contributed by atoms with E-state index in [4.69, 9.17) is 9.31 Å². The zero-order chi connectivity index (χ0) is 15.8. The molecule has 0 N–H and O–H groups in total. The monoisotopic (exact) mass is 319 g/mol. The van der Waals surface area contributed by atoms with Crippen LogP contribution in [0.25, 0.3) is 0 Å². The molecule has 22 heavy (non-hydrogen) atoms. The third-order valence-corrected chi connectivity index (χ3v) is 8.28. The summed E-state index contributed by atoms with van der Waals surface area (Å²) in [5, 5.41) is 0.102. The largest absolute Gasteiger partial charge is 0.494 e. The number of nitrogens with zero attached hydrogens (tertiary/aromatic N) is 1. The Labute approximate surface area is 132 Å². The summed E-state index contributed by atoms with van der Waals surface area (Å²) in [5.41, 5.74) is 2.33. The van der Waals surface area contributed by atoms with Crippen LogP contribution < -0.4 is 5.46 Å². The van der Waals surface area contributed by atoms with Crippen LogP contribution in [0.15, 0.2) is 22.6 Å². The van der Waals surface area contributed by atoms with Crippen molar-refractivity contribution in [3.63, 3.8) is 0 Å². The van der Waals surface area contributed by atoms with Gasteiger partial charge in [-0.3, -0.25) is 0 Å². The second-order valence-electron chi connectivity index (χ2n) is 7.52. The molecule has 0 aliphatic carbocycles. The lowest BCUT2D eigenvalue weighted by Gasteiger charge is -2.32. The van der Waals surface area contributed by atoms with Crippen molar-refractivity contribution < 1.29 is 13.5 Å². The van der Waals surface area contributed by atoms with Crippen LogP contribution in [-0.4, -0.2) is 28.3 Å². The first-order valence-electron chi connectivity index (χ1n) is 7.95. The predicted molar refractivity (Wildman–Crippen MR) is 89.2 cm³/mol. The Bertz CT molecular complexity index is 749. The molecule has 0 spiro atoms. The molecule has 2 fully saturated rings. The molecule has 4 nitrogen and oxygen atoms in total. The van der Waals surface area contributed by atoms with E-state index in [-0.39, 0.29) is 23.6 Å². The lowest BCUT2D eigenvalue weighted by atomic mass is 9.78. The minimum absolute atomic E-state index is 0.102. The van der Waals surface area contributed by atoms with Gasteiger partial charge in [-0.05, 0) is 57.6 Å². The molecule has 4 rings (SSSR count). The van der Waals surface area contributed by atoms with E-state index in [0.29, 0.717) is 0 Å². The zero-order valence-corrected chi connectivity index (χ0v) is 14.4. The van der Waals surface area contributed by atoms with Gasteiger partial charge in [-0.25, -0.2) is 4.21 Å². The molecular formula is C16H22BNO3S.